The lowest BCUT2D eigenvalue weighted by Crippen LogP contribution is -2.40. The number of thiazole rings is 1. The molecular formula is C21H21N3O6S3. The predicted molar refractivity (Wildman–Crippen MR) is 125 cm³/mol. The van der Waals surface area contributed by atoms with Gasteiger partial charge in [0.15, 0.2) is 11.7 Å². The van der Waals surface area contributed by atoms with Crippen molar-refractivity contribution in [2.45, 2.75) is 10.6 Å². The van der Waals surface area contributed by atoms with Gasteiger partial charge < -0.3 is 9.47 Å². The van der Waals surface area contributed by atoms with E-state index in [1.54, 1.807) is 6.07 Å². The quantitative estimate of drug-likeness (QED) is 0.466. The monoisotopic (exact) mass is 507 g/mol. The van der Waals surface area contributed by atoms with Crippen LogP contribution in [-0.4, -0.2) is 62.5 Å². The summed E-state index contributed by atoms with van der Waals surface area (Å²) in [5.41, 5.74) is 1.68. The zero-order valence-electron chi connectivity index (χ0n) is 17.4. The molecule has 4 rings (SSSR count). The van der Waals surface area contributed by atoms with Gasteiger partial charge in [0.1, 0.15) is 4.21 Å². The molecule has 33 heavy (non-hydrogen) atoms. The molecule has 2 aromatic heterocycles. The molecule has 0 radical (unpaired) electrons. The molecule has 0 spiro atoms. The van der Waals surface area contributed by atoms with Gasteiger partial charge in [0.05, 0.1) is 25.3 Å². The molecule has 3 heterocycles. The number of benzene rings is 1. The van der Waals surface area contributed by atoms with E-state index >= 15 is 0 Å². The summed E-state index contributed by atoms with van der Waals surface area (Å²) in [5, 5.41) is 4.85. The summed E-state index contributed by atoms with van der Waals surface area (Å²) < 4.78 is 37.1. The van der Waals surface area contributed by atoms with Gasteiger partial charge in [-0.05, 0) is 12.1 Å². The summed E-state index contributed by atoms with van der Waals surface area (Å²) in [5.74, 6) is -1.12. The predicted octanol–water partition coefficient (Wildman–Crippen LogP) is 2.62. The van der Waals surface area contributed by atoms with E-state index in [0.717, 1.165) is 22.6 Å². The summed E-state index contributed by atoms with van der Waals surface area (Å²) in [6.45, 7) is 0.877. The Hall–Kier alpha value is -2.64. The standard InChI is InChI=1S/C21H21N3O6S3/c25-18(23-21-22-17(14-31-21)15-4-2-1-3-5-15)13-30-19(26)12-16-6-7-20(32-16)33(27,28)24-8-10-29-11-9-24/h1-7,14H,8-13H2,(H,22,23,25). The van der Waals surface area contributed by atoms with Crippen LogP contribution in [0.15, 0.2) is 52.1 Å². The SMILES string of the molecule is O=C(COC(=O)Cc1ccc(S(=O)(=O)N2CCOCC2)s1)Nc1nc(-c2ccccc2)cs1. The Morgan fingerprint density at radius 1 is 1.12 bits per heavy atom. The number of anilines is 1. The van der Waals surface area contributed by atoms with Crippen LogP contribution in [0.25, 0.3) is 11.3 Å². The van der Waals surface area contributed by atoms with Crippen molar-refractivity contribution in [2.24, 2.45) is 0 Å². The van der Waals surface area contributed by atoms with Gasteiger partial charge in [-0.1, -0.05) is 30.3 Å². The van der Waals surface area contributed by atoms with E-state index in [1.165, 1.54) is 21.7 Å². The zero-order chi connectivity index (χ0) is 23.3. The van der Waals surface area contributed by atoms with Gasteiger partial charge in [-0.25, -0.2) is 13.4 Å². The van der Waals surface area contributed by atoms with Crippen LogP contribution in [-0.2, 0) is 35.5 Å². The van der Waals surface area contributed by atoms with Gasteiger partial charge in [0.2, 0.25) is 0 Å². The van der Waals surface area contributed by atoms with Gasteiger partial charge in [0.25, 0.3) is 15.9 Å². The van der Waals surface area contributed by atoms with Gasteiger partial charge in [0, 0.05) is 28.9 Å². The summed E-state index contributed by atoms with van der Waals surface area (Å²) >= 11 is 2.29. The highest BCUT2D eigenvalue weighted by Gasteiger charge is 2.28. The Labute approximate surface area is 199 Å². The highest BCUT2D eigenvalue weighted by molar-refractivity contribution is 7.91. The van der Waals surface area contributed by atoms with Crippen molar-refractivity contribution in [3.63, 3.8) is 0 Å². The van der Waals surface area contributed by atoms with Crippen molar-refractivity contribution in [3.05, 3.63) is 52.7 Å². The number of rotatable bonds is 8. The van der Waals surface area contributed by atoms with Gasteiger partial charge in [-0.15, -0.1) is 22.7 Å². The van der Waals surface area contributed by atoms with E-state index in [9.17, 15) is 18.0 Å². The van der Waals surface area contributed by atoms with Crippen molar-refractivity contribution in [1.82, 2.24) is 9.29 Å². The minimum atomic E-state index is -3.61. The maximum atomic E-state index is 12.7. The number of hydrogen-bond acceptors (Lipinski definition) is 9. The highest BCUT2D eigenvalue weighted by atomic mass is 32.2. The number of nitrogens with zero attached hydrogens (tertiary/aromatic N) is 2. The number of aromatic nitrogens is 1. The molecule has 1 aliphatic rings. The van der Waals surface area contributed by atoms with Gasteiger partial charge >= 0.3 is 5.97 Å². The molecule has 0 saturated carbocycles. The third kappa shape index (κ3) is 6.03. The fourth-order valence-electron chi connectivity index (χ4n) is 3.07. The zero-order valence-corrected chi connectivity index (χ0v) is 19.9. The van der Waals surface area contributed by atoms with Crippen LogP contribution >= 0.6 is 22.7 Å². The number of carbonyl (C=O) groups is 2. The number of carbonyl (C=O) groups excluding carboxylic acids is 2. The molecule has 1 aliphatic heterocycles. The normalized spacial score (nSPS) is 14.7. The van der Waals surface area contributed by atoms with E-state index in [-0.39, 0.29) is 10.6 Å². The molecule has 0 unspecified atom stereocenters. The second-order valence-electron chi connectivity index (χ2n) is 7.03. The third-order valence-electron chi connectivity index (χ3n) is 4.70. The van der Waals surface area contributed by atoms with Crippen molar-refractivity contribution >= 4 is 49.7 Å². The molecule has 0 bridgehead atoms. The number of amides is 1. The van der Waals surface area contributed by atoms with Gasteiger partial charge in [-0.2, -0.15) is 4.31 Å². The Balaban J connectivity index is 1.26. The molecule has 3 aromatic rings. The highest BCUT2D eigenvalue weighted by Crippen LogP contribution is 2.26. The van der Waals surface area contributed by atoms with E-state index in [4.69, 9.17) is 9.47 Å². The molecule has 1 saturated heterocycles. The largest absolute Gasteiger partial charge is 0.455 e. The number of thiophene rings is 1. The van der Waals surface area contributed by atoms with Crippen LogP contribution in [0, 0.1) is 0 Å². The first-order chi connectivity index (χ1) is 15.9. The van der Waals surface area contributed by atoms with Crippen LogP contribution < -0.4 is 5.32 Å². The summed E-state index contributed by atoms with van der Waals surface area (Å²) in [6.07, 6.45) is -0.119. The second kappa shape index (κ2) is 10.5. The fourth-order valence-corrected chi connectivity index (χ4v) is 6.71. The second-order valence-corrected chi connectivity index (χ2v) is 11.2. The average Bonchev–Trinajstić information content (AvgIpc) is 3.49. The van der Waals surface area contributed by atoms with Crippen LogP contribution in [0.2, 0.25) is 0 Å². The molecule has 1 fully saturated rings. The molecule has 1 amide bonds. The lowest BCUT2D eigenvalue weighted by Gasteiger charge is -2.25. The Kier molecular flexibility index (Phi) is 7.50. The van der Waals surface area contributed by atoms with Crippen molar-refractivity contribution in [3.8, 4) is 11.3 Å². The molecular weight excluding hydrogens is 486 g/mol. The summed E-state index contributed by atoms with van der Waals surface area (Å²) in [6, 6.07) is 12.6. The number of esters is 1. The third-order valence-corrected chi connectivity index (χ3v) is 8.91. The molecule has 12 heteroatoms. The summed E-state index contributed by atoms with van der Waals surface area (Å²) in [7, 11) is -3.61. The Morgan fingerprint density at radius 3 is 2.64 bits per heavy atom. The lowest BCUT2D eigenvalue weighted by atomic mass is 10.2. The average molecular weight is 508 g/mol. The molecule has 9 nitrogen and oxygen atoms in total. The lowest BCUT2D eigenvalue weighted by molar-refractivity contribution is -0.146. The van der Waals surface area contributed by atoms with Crippen LogP contribution in [0.4, 0.5) is 5.13 Å². The molecule has 1 aromatic carbocycles. The smallest absolute Gasteiger partial charge is 0.311 e. The first kappa shape index (κ1) is 23.5. The van der Waals surface area contributed by atoms with Crippen molar-refractivity contribution < 1.29 is 27.5 Å². The maximum absolute atomic E-state index is 12.7. The van der Waals surface area contributed by atoms with E-state index < -0.39 is 28.5 Å². The fraction of sp³-hybridized carbons (Fsp3) is 0.286. The van der Waals surface area contributed by atoms with Crippen LogP contribution in [0.3, 0.4) is 0 Å². The minimum Gasteiger partial charge on any atom is -0.455 e. The molecule has 0 atom stereocenters. The van der Waals surface area contributed by atoms with Crippen LogP contribution in [0.1, 0.15) is 4.88 Å². The number of morpholine rings is 1. The first-order valence-corrected chi connectivity index (χ1v) is 13.2. The van der Waals surface area contributed by atoms with E-state index in [1.807, 2.05) is 35.7 Å². The Morgan fingerprint density at radius 2 is 1.88 bits per heavy atom. The number of hydrogen-bond donors (Lipinski definition) is 1. The maximum Gasteiger partial charge on any atom is 0.311 e. The van der Waals surface area contributed by atoms with Crippen molar-refractivity contribution in [2.75, 3.05) is 38.2 Å². The van der Waals surface area contributed by atoms with Crippen molar-refractivity contribution in [1.29, 1.82) is 0 Å². The first-order valence-electron chi connectivity index (χ1n) is 10.0. The number of ether oxygens (including phenoxy) is 2. The number of nitrogens with one attached hydrogen (secondary N) is 1. The molecule has 1 N–H and O–H groups in total. The number of sulfonamides is 1. The topological polar surface area (TPSA) is 115 Å². The molecule has 0 aliphatic carbocycles. The Bertz CT molecular complexity index is 1220. The van der Waals surface area contributed by atoms with E-state index in [0.29, 0.717) is 36.3 Å². The summed E-state index contributed by atoms with van der Waals surface area (Å²) in [4.78, 5) is 29.1. The van der Waals surface area contributed by atoms with Gasteiger partial charge in [-0.3, -0.25) is 14.9 Å². The van der Waals surface area contributed by atoms with Crippen LogP contribution in [0.5, 0.6) is 0 Å². The van der Waals surface area contributed by atoms with E-state index in [2.05, 4.69) is 10.3 Å². The molecule has 174 valence electrons. The minimum absolute atomic E-state index is 0.119.